The molecule has 3 aromatic rings. The summed E-state index contributed by atoms with van der Waals surface area (Å²) in [4.78, 5) is 16.0. The summed E-state index contributed by atoms with van der Waals surface area (Å²) in [5.74, 6) is 1.22. The molecule has 0 bridgehead atoms. The number of nitrogens with zero attached hydrogens (tertiary/aromatic N) is 4. The number of hydrogen-bond acceptors (Lipinski definition) is 5. The van der Waals surface area contributed by atoms with Crippen LogP contribution in [0.2, 0.25) is 0 Å². The maximum atomic E-state index is 12.6. The van der Waals surface area contributed by atoms with E-state index in [2.05, 4.69) is 17.1 Å². The van der Waals surface area contributed by atoms with Gasteiger partial charge in [0.05, 0.1) is 0 Å². The lowest BCUT2D eigenvalue weighted by Gasteiger charge is -2.30. The first-order valence-corrected chi connectivity index (χ1v) is 10.1. The molecule has 0 radical (unpaired) electrons. The van der Waals surface area contributed by atoms with Crippen LogP contribution in [-0.2, 0) is 11.2 Å². The lowest BCUT2D eigenvalue weighted by molar-refractivity contribution is -0.134. The third-order valence-electron chi connectivity index (χ3n) is 5.41. The van der Waals surface area contributed by atoms with Gasteiger partial charge in [-0.05, 0) is 55.0 Å². The van der Waals surface area contributed by atoms with Gasteiger partial charge in [-0.15, -0.1) is 15.0 Å². The molecule has 7 nitrogen and oxygen atoms in total. The summed E-state index contributed by atoms with van der Waals surface area (Å²) in [6.07, 6.45) is 2.60. The molecule has 1 fully saturated rings. The first-order valence-electron chi connectivity index (χ1n) is 10.1. The molecule has 1 aliphatic heterocycles. The van der Waals surface area contributed by atoms with E-state index >= 15 is 0 Å². The summed E-state index contributed by atoms with van der Waals surface area (Å²) in [5, 5.41) is 18.4. The Bertz CT molecular complexity index is 960. The molecule has 0 aliphatic carbocycles. The molecule has 2 aromatic carbocycles. The van der Waals surface area contributed by atoms with Crippen LogP contribution in [0.3, 0.4) is 0 Å². The highest BCUT2D eigenvalue weighted by Gasteiger charge is 2.21. The predicted octanol–water partition coefficient (Wildman–Crippen LogP) is 2.59. The van der Waals surface area contributed by atoms with E-state index in [0.717, 1.165) is 42.5 Å². The van der Waals surface area contributed by atoms with E-state index in [1.807, 2.05) is 47.4 Å². The molecule has 1 aromatic heterocycles. The van der Waals surface area contributed by atoms with Crippen molar-refractivity contribution in [3.05, 3.63) is 48.0 Å². The van der Waals surface area contributed by atoms with Crippen LogP contribution in [0.1, 0.15) is 25.3 Å². The summed E-state index contributed by atoms with van der Waals surface area (Å²) >= 11 is 0. The number of ether oxygens (including phenoxy) is 1. The Labute approximate surface area is 169 Å². The largest absolute Gasteiger partial charge is 0.481 e. The summed E-state index contributed by atoms with van der Waals surface area (Å²) in [5.41, 5.74) is 3.17. The highest BCUT2D eigenvalue weighted by molar-refractivity contribution is 5.78. The van der Waals surface area contributed by atoms with Gasteiger partial charge in [0, 0.05) is 19.7 Å². The van der Waals surface area contributed by atoms with E-state index in [0.29, 0.717) is 23.8 Å². The number of benzene rings is 2. The number of aliphatic hydroxyl groups excluding tert-OH is 1. The average molecular weight is 394 g/mol. The minimum atomic E-state index is -0.0124. The van der Waals surface area contributed by atoms with Gasteiger partial charge in [-0.2, -0.15) is 0 Å². The summed E-state index contributed by atoms with van der Waals surface area (Å²) in [6, 6.07) is 13.2. The van der Waals surface area contributed by atoms with Gasteiger partial charge in [0.2, 0.25) is 0 Å². The molecular weight excluding hydrogens is 368 g/mol. The van der Waals surface area contributed by atoms with Gasteiger partial charge in [0.25, 0.3) is 5.91 Å². The molecular formula is C22H26N4O3. The molecule has 1 amide bonds. The minimum absolute atomic E-state index is 0.000806. The topological polar surface area (TPSA) is 80.5 Å². The molecule has 29 heavy (non-hydrogen) atoms. The SMILES string of the molecule is CC1CCN(C(=O)COc2ccc(CCO)cc2-n2nc3ccccc3n2)CC1. The number of carbonyl (C=O) groups is 1. The number of rotatable bonds is 6. The predicted molar refractivity (Wildman–Crippen MR) is 110 cm³/mol. The zero-order chi connectivity index (χ0) is 20.2. The van der Waals surface area contributed by atoms with Crippen molar-refractivity contribution in [2.45, 2.75) is 26.2 Å². The molecule has 1 N–H and O–H groups in total. The fourth-order valence-corrected chi connectivity index (χ4v) is 3.58. The zero-order valence-electron chi connectivity index (χ0n) is 16.6. The lowest BCUT2D eigenvalue weighted by atomic mass is 9.99. The number of aliphatic hydroxyl groups is 1. The molecule has 0 saturated carbocycles. The zero-order valence-corrected chi connectivity index (χ0v) is 16.6. The monoisotopic (exact) mass is 394 g/mol. The van der Waals surface area contributed by atoms with Crippen molar-refractivity contribution >= 4 is 16.9 Å². The van der Waals surface area contributed by atoms with Crippen molar-refractivity contribution in [1.82, 2.24) is 19.9 Å². The Kier molecular flexibility index (Phi) is 5.76. The first kappa shape index (κ1) is 19.4. The number of likely N-dealkylation sites (tertiary alicyclic amines) is 1. The van der Waals surface area contributed by atoms with Crippen molar-refractivity contribution in [3.63, 3.8) is 0 Å². The maximum Gasteiger partial charge on any atom is 0.260 e. The van der Waals surface area contributed by atoms with Crippen molar-refractivity contribution in [2.75, 3.05) is 26.3 Å². The van der Waals surface area contributed by atoms with E-state index in [1.54, 1.807) is 0 Å². The lowest BCUT2D eigenvalue weighted by Crippen LogP contribution is -2.40. The van der Waals surface area contributed by atoms with Gasteiger partial charge in [0.1, 0.15) is 22.5 Å². The Balaban J connectivity index is 1.56. The van der Waals surface area contributed by atoms with Gasteiger partial charge in [0.15, 0.2) is 6.61 Å². The standard InChI is InChI=1S/C22H26N4O3/c1-16-8-11-25(12-9-16)22(28)15-29-21-7-6-17(10-13-27)14-20(21)26-23-18-4-2-3-5-19(18)24-26/h2-7,14,16,27H,8-13,15H2,1H3. The van der Waals surface area contributed by atoms with Crippen LogP contribution in [0, 0.1) is 5.92 Å². The number of fused-ring (bicyclic) bond motifs is 1. The molecule has 152 valence electrons. The Morgan fingerprint density at radius 1 is 1.14 bits per heavy atom. The summed E-state index contributed by atoms with van der Waals surface area (Å²) in [6.45, 7) is 3.84. The van der Waals surface area contributed by atoms with E-state index in [4.69, 9.17) is 4.74 Å². The normalized spacial score (nSPS) is 15.0. The molecule has 0 spiro atoms. The van der Waals surface area contributed by atoms with Crippen LogP contribution in [-0.4, -0.2) is 57.2 Å². The average Bonchev–Trinajstić information content (AvgIpc) is 3.17. The van der Waals surface area contributed by atoms with Crippen LogP contribution < -0.4 is 4.74 Å². The Morgan fingerprint density at radius 3 is 2.48 bits per heavy atom. The van der Waals surface area contributed by atoms with Crippen molar-refractivity contribution in [2.24, 2.45) is 5.92 Å². The molecule has 7 heteroatoms. The Hall–Kier alpha value is -2.93. The molecule has 2 heterocycles. The third-order valence-corrected chi connectivity index (χ3v) is 5.41. The quantitative estimate of drug-likeness (QED) is 0.695. The second kappa shape index (κ2) is 8.61. The second-order valence-electron chi connectivity index (χ2n) is 7.61. The van der Waals surface area contributed by atoms with E-state index in [9.17, 15) is 9.90 Å². The van der Waals surface area contributed by atoms with E-state index in [1.165, 1.54) is 4.80 Å². The molecule has 0 unspecified atom stereocenters. The summed E-state index contributed by atoms with van der Waals surface area (Å²) in [7, 11) is 0. The minimum Gasteiger partial charge on any atom is -0.481 e. The van der Waals surface area contributed by atoms with Crippen molar-refractivity contribution in [3.8, 4) is 11.4 Å². The molecule has 1 saturated heterocycles. The Morgan fingerprint density at radius 2 is 1.83 bits per heavy atom. The second-order valence-corrected chi connectivity index (χ2v) is 7.61. The van der Waals surface area contributed by atoms with Crippen molar-refractivity contribution < 1.29 is 14.6 Å². The van der Waals surface area contributed by atoms with Crippen LogP contribution in [0.5, 0.6) is 5.75 Å². The summed E-state index contributed by atoms with van der Waals surface area (Å²) < 4.78 is 5.91. The van der Waals surface area contributed by atoms with Crippen LogP contribution in [0.4, 0.5) is 0 Å². The number of aromatic nitrogens is 3. The van der Waals surface area contributed by atoms with Crippen molar-refractivity contribution in [1.29, 1.82) is 0 Å². The van der Waals surface area contributed by atoms with E-state index < -0.39 is 0 Å². The molecule has 1 aliphatic rings. The van der Waals surface area contributed by atoms with Crippen LogP contribution in [0.25, 0.3) is 16.7 Å². The highest BCUT2D eigenvalue weighted by atomic mass is 16.5. The van der Waals surface area contributed by atoms with Gasteiger partial charge in [-0.3, -0.25) is 4.79 Å². The van der Waals surface area contributed by atoms with Gasteiger partial charge in [-0.25, -0.2) is 0 Å². The number of piperidine rings is 1. The van der Waals surface area contributed by atoms with Gasteiger partial charge < -0.3 is 14.7 Å². The van der Waals surface area contributed by atoms with E-state index in [-0.39, 0.29) is 19.1 Å². The highest BCUT2D eigenvalue weighted by Crippen LogP contribution is 2.25. The number of amides is 1. The number of carbonyl (C=O) groups excluding carboxylic acids is 1. The third kappa shape index (κ3) is 4.40. The molecule has 0 atom stereocenters. The van der Waals surface area contributed by atoms with Gasteiger partial charge >= 0.3 is 0 Å². The fraction of sp³-hybridized carbons (Fsp3) is 0.409. The number of hydrogen-bond donors (Lipinski definition) is 1. The van der Waals surface area contributed by atoms with Gasteiger partial charge in [-0.1, -0.05) is 25.1 Å². The fourth-order valence-electron chi connectivity index (χ4n) is 3.58. The maximum absolute atomic E-state index is 12.6. The first-order chi connectivity index (χ1) is 14.1. The van der Waals surface area contributed by atoms with Crippen LogP contribution >= 0.6 is 0 Å². The molecule has 4 rings (SSSR count). The smallest absolute Gasteiger partial charge is 0.260 e. The van der Waals surface area contributed by atoms with Crippen LogP contribution in [0.15, 0.2) is 42.5 Å².